The smallest absolute Gasteiger partial charge is 0.361 e. The number of allylic oxidation sites excluding steroid dienone is 10. The number of carbonyl (C=O) groups is 3. The van der Waals surface area contributed by atoms with Gasteiger partial charge in [0.05, 0.1) is 34.4 Å². The van der Waals surface area contributed by atoms with Gasteiger partial charge in [-0.1, -0.05) is 331 Å². The molecule has 9 nitrogen and oxygen atoms in total. The third-order valence-electron chi connectivity index (χ3n) is 16.0. The van der Waals surface area contributed by atoms with Crippen LogP contribution >= 0.6 is 0 Å². The van der Waals surface area contributed by atoms with Gasteiger partial charge in [0.15, 0.2) is 6.10 Å². The SMILES string of the molecule is CC/C=C\C/C=C\C/C=C\C/C=C\C/C=C\CCCCCCCCCCCCCCCCCC(=O)OC(COC(=O)CCCCCCCCCCCCCCCCCCCCCCCCCCCCCC)COC(OCC[N+](C)(C)C)C(=O)O. The first-order valence-corrected chi connectivity index (χ1v) is 36.0. The molecular weight excluding hydrogens is 1040 g/mol. The van der Waals surface area contributed by atoms with Crippen LogP contribution in [0.5, 0.6) is 0 Å². The molecule has 0 aliphatic rings. The Kier molecular flexibility index (Phi) is 63.6. The zero-order chi connectivity index (χ0) is 61.2. The van der Waals surface area contributed by atoms with Crippen molar-refractivity contribution in [2.45, 2.75) is 354 Å². The van der Waals surface area contributed by atoms with E-state index in [1.807, 2.05) is 21.1 Å². The molecule has 0 aromatic carbocycles. The van der Waals surface area contributed by atoms with Crippen molar-refractivity contribution in [2.75, 3.05) is 47.5 Å². The van der Waals surface area contributed by atoms with Crippen LogP contribution in [-0.2, 0) is 33.3 Å². The first-order chi connectivity index (χ1) is 41.1. The number of likely N-dealkylation sites (N-methyl/N-ethyl adjacent to an activating group) is 1. The van der Waals surface area contributed by atoms with Crippen molar-refractivity contribution in [1.82, 2.24) is 0 Å². The molecule has 9 heteroatoms. The Hall–Kier alpha value is -3.01. The maximum absolute atomic E-state index is 13.0. The average molecular weight is 1180 g/mol. The summed E-state index contributed by atoms with van der Waals surface area (Å²) in [6, 6.07) is 0. The molecule has 490 valence electrons. The summed E-state index contributed by atoms with van der Waals surface area (Å²) in [6.45, 7) is 4.82. The Morgan fingerprint density at radius 1 is 0.369 bits per heavy atom. The summed E-state index contributed by atoms with van der Waals surface area (Å²) in [7, 11) is 5.99. The van der Waals surface area contributed by atoms with E-state index >= 15 is 0 Å². The molecule has 0 aromatic rings. The maximum Gasteiger partial charge on any atom is 0.361 e. The minimum absolute atomic E-state index is 0.178. The highest BCUT2D eigenvalue weighted by Crippen LogP contribution is 2.19. The zero-order valence-corrected chi connectivity index (χ0v) is 56.1. The van der Waals surface area contributed by atoms with E-state index in [-0.39, 0.29) is 38.2 Å². The number of aliphatic carboxylic acids is 1. The van der Waals surface area contributed by atoms with Gasteiger partial charge < -0.3 is 28.5 Å². The lowest BCUT2D eigenvalue weighted by Gasteiger charge is -2.25. The molecule has 0 radical (unpaired) electrons. The molecule has 0 amide bonds. The Bertz CT molecular complexity index is 1560. The predicted molar refractivity (Wildman–Crippen MR) is 360 cm³/mol. The van der Waals surface area contributed by atoms with E-state index in [9.17, 15) is 19.5 Å². The third-order valence-corrected chi connectivity index (χ3v) is 16.0. The van der Waals surface area contributed by atoms with E-state index in [1.165, 1.54) is 244 Å². The van der Waals surface area contributed by atoms with Gasteiger partial charge in [-0.05, 0) is 57.8 Å². The molecule has 0 heterocycles. The van der Waals surface area contributed by atoms with Gasteiger partial charge in [0, 0.05) is 12.8 Å². The number of rotatable bonds is 67. The fourth-order valence-electron chi connectivity index (χ4n) is 10.6. The summed E-state index contributed by atoms with van der Waals surface area (Å²) < 4.78 is 23.0. The number of hydrogen-bond donors (Lipinski definition) is 1. The summed E-state index contributed by atoms with van der Waals surface area (Å²) in [4.78, 5) is 37.6. The molecule has 0 saturated carbocycles. The van der Waals surface area contributed by atoms with Crippen LogP contribution in [0.1, 0.15) is 341 Å². The lowest BCUT2D eigenvalue weighted by molar-refractivity contribution is -0.870. The largest absolute Gasteiger partial charge is 0.477 e. The van der Waals surface area contributed by atoms with Crippen LogP contribution in [0.2, 0.25) is 0 Å². The number of quaternary nitrogens is 1. The number of carboxylic acid groups (broad SMARTS) is 1. The molecule has 0 bridgehead atoms. The van der Waals surface area contributed by atoms with Gasteiger partial charge in [0.2, 0.25) is 0 Å². The third kappa shape index (κ3) is 66.5. The number of nitrogens with zero attached hydrogens (tertiary/aromatic N) is 1. The van der Waals surface area contributed by atoms with Crippen LogP contribution in [-0.4, -0.2) is 87.4 Å². The summed E-state index contributed by atoms with van der Waals surface area (Å²) in [5.74, 6) is -1.98. The first-order valence-electron chi connectivity index (χ1n) is 36.0. The Morgan fingerprint density at radius 3 is 1.01 bits per heavy atom. The molecule has 2 unspecified atom stereocenters. The molecule has 0 spiro atoms. The summed E-state index contributed by atoms with van der Waals surface area (Å²) >= 11 is 0. The Balaban J connectivity index is 4.07. The van der Waals surface area contributed by atoms with Crippen LogP contribution in [0.3, 0.4) is 0 Å². The van der Waals surface area contributed by atoms with Crippen molar-refractivity contribution in [2.24, 2.45) is 0 Å². The lowest BCUT2D eigenvalue weighted by atomic mass is 10.0. The highest BCUT2D eigenvalue weighted by molar-refractivity contribution is 5.71. The predicted octanol–water partition coefficient (Wildman–Crippen LogP) is 22.3. The number of carboxylic acids is 1. The molecule has 0 aliphatic carbocycles. The van der Waals surface area contributed by atoms with Crippen molar-refractivity contribution in [3.05, 3.63) is 60.8 Å². The number of carbonyl (C=O) groups excluding carboxylic acids is 2. The maximum atomic E-state index is 13.0. The number of hydrogen-bond acceptors (Lipinski definition) is 7. The minimum Gasteiger partial charge on any atom is -0.477 e. The summed E-state index contributed by atoms with van der Waals surface area (Å²) in [5.41, 5.74) is 0. The van der Waals surface area contributed by atoms with Crippen LogP contribution in [0.4, 0.5) is 0 Å². The molecule has 0 saturated heterocycles. The monoisotopic (exact) mass is 1180 g/mol. The molecule has 0 fully saturated rings. The molecule has 0 aromatic heterocycles. The highest BCUT2D eigenvalue weighted by atomic mass is 16.7. The van der Waals surface area contributed by atoms with E-state index in [0.29, 0.717) is 17.4 Å². The van der Waals surface area contributed by atoms with Gasteiger partial charge >= 0.3 is 17.9 Å². The molecular formula is C75H138NO8+. The second kappa shape index (κ2) is 66.0. The second-order valence-corrected chi connectivity index (χ2v) is 25.5. The van der Waals surface area contributed by atoms with Gasteiger partial charge in [-0.15, -0.1) is 0 Å². The van der Waals surface area contributed by atoms with Gasteiger partial charge in [-0.2, -0.15) is 0 Å². The number of esters is 2. The van der Waals surface area contributed by atoms with Crippen molar-refractivity contribution in [3.8, 4) is 0 Å². The van der Waals surface area contributed by atoms with E-state index in [0.717, 1.165) is 70.6 Å². The quantitative estimate of drug-likeness (QED) is 0.0211. The summed E-state index contributed by atoms with van der Waals surface area (Å²) in [6.07, 6.45) is 83.4. The number of ether oxygens (including phenoxy) is 4. The van der Waals surface area contributed by atoms with Gasteiger partial charge in [0.1, 0.15) is 13.2 Å². The van der Waals surface area contributed by atoms with Gasteiger partial charge in [0.25, 0.3) is 6.29 Å². The van der Waals surface area contributed by atoms with E-state index in [1.54, 1.807) is 0 Å². The minimum atomic E-state index is -1.51. The molecule has 0 rings (SSSR count). The van der Waals surface area contributed by atoms with Crippen molar-refractivity contribution >= 4 is 17.9 Å². The fourth-order valence-corrected chi connectivity index (χ4v) is 10.6. The van der Waals surface area contributed by atoms with Gasteiger partial charge in [-0.25, -0.2) is 4.79 Å². The van der Waals surface area contributed by atoms with E-state index in [4.69, 9.17) is 18.9 Å². The lowest BCUT2D eigenvalue weighted by Crippen LogP contribution is -2.40. The van der Waals surface area contributed by atoms with Crippen LogP contribution in [0, 0.1) is 0 Å². The van der Waals surface area contributed by atoms with Crippen molar-refractivity contribution in [3.63, 3.8) is 0 Å². The standard InChI is InChI=1S/C75H137NO8/c1-6-8-10-12-14-16-18-20-22-24-26-28-30-32-34-36-37-38-40-42-44-46-48-50-52-54-56-58-60-62-64-66-73(78)84-71(70-83-75(74(79)80)81-68-67-76(3,4)5)69-82-72(77)65-63-61-59-57-55-53-51-49-47-45-43-41-39-35-33-31-29-27-25-23-21-19-17-15-13-11-9-7-2/h8,10,14,16,20,22,26,28,32,34,71,75H,6-7,9,11-13,15,17-19,21,23-25,27,29-31,33,35-70H2,1-5H3/p+1/b10-8-,16-14-,22-20-,28-26-,34-32-. The van der Waals surface area contributed by atoms with Crippen LogP contribution < -0.4 is 0 Å². The van der Waals surface area contributed by atoms with E-state index < -0.39 is 18.4 Å². The highest BCUT2D eigenvalue weighted by Gasteiger charge is 2.25. The zero-order valence-electron chi connectivity index (χ0n) is 56.1. The summed E-state index contributed by atoms with van der Waals surface area (Å²) in [5, 5.41) is 9.75. The average Bonchev–Trinajstić information content (AvgIpc) is 3.51. The number of unbranched alkanes of at least 4 members (excludes halogenated alkanes) is 42. The van der Waals surface area contributed by atoms with Gasteiger partial charge in [-0.3, -0.25) is 9.59 Å². The van der Waals surface area contributed by atoms with Crippen molar-refractivity contribution < 1.29 is 42.9 Å². The van der Waals surface area contributed by atoms with E-state index in [2.05, 4.69) is 74.6 Å². The van der Waals surface area contributed by atoms with Crippen molar-refractivity contribution in [1.29, 1.82) is 0 Å². The molecule has 0 aliphatic heterocycles. The topological polar surface area (TPSA) is 108 Å². The van der Waals surface area contributed by atoms with Crippen LogP contribution in [0.25, 0.3) is 0 Å². The Morgan fingerprint density at radius 2 is 0.679 bits per heavy atom. The van der Waals surface area contributed by atoms with Crippen LogP contribution in [0.15, 0.2) is 60.8 Å². The second-order valence-electron chi connectivity index (χ2n) is 25.5. The molecule has 84 heavy (non-hydrogen) atoms. The molecule has 2 atom stereocenters. The normalized spacial score (nSPS) is 13.0. The molecule has 1 N–H and O–H groups in total. The fraction of sp³-hybridized carbons (Fsp3) is 0.827. The Labute approximate surface area is 520 Å². The first kappa shape index (κ1) is 81.0.